The van der Waals surface area contributed by atoms with Gasteiger partial charge < -0.3 is 15.1 Å². The van der Waals surface area contributed by atoms with Crippen LogP contribution in [0.1, 0.15) is 24.4 Å². The van der Waals surface area contributed by atoms with Crippen molar-refractivity contribution in [3.05, 3.63) is 53.9 Å². The summed E-state index contributed by atoms with van der Waals surface area (Å²) in [5.74, 6) is -0.265. The highest BCUT2D eigenvalue weighted by Gasteiger charge is 2.30. The van der Waals surface area contributed by atoms with Crippen molar-refractivity contribution >= 4 is 35.6 Å². The highest BCUT2D eigenvalue weighted by molar-refractivity contribution is 5.92. The first-order valence-electron chi connectivity index (χ1n) is 8.98. The Labute approximate surface area is 172 Å². The molecule has 1 N–H and O–H groups in total. The molecule has 0 unspecified atom stereocenters. The summed E-state index contributed by atoms with van der Waals surface area (Å²) in [5, 5.41) is 6.95. The molecule has 3 heterocycles. The van der Waals surface area contributed by atoms with E-state index in [9.17, 15) is 13.6 Å². The second-order valence-corrected chi connectivity index (χ2v) is 6.95. The Morgan fingerprint density at radius 1 is 1.28 bits per heavy atom. The molecule has 0 radical (unpaired) electrons. The summed E-state index contributed by atoms with van der Waals surface area (Å²) in [6.07, 6.45) is 4.81. The number of carbonyl (C=O) groups excluding carboxylic acids is 1. The maximum absolute atomic E-state index is 14.3. The summed E-state index contributed by atoms with van der Waals surface area (Å²) in [5.41, 5.74) is 1.29. The molecular weight excluding hydrogens is 402 g/mol. The molecule has 2 aromatic heterocycles. The summed E-state index contributed by atoms with van der Waals surface area (Å²) in [6, 6.07) is 4.72. The number of carbonyl (C=O) groups is 1. The molecule has 4 rings (SSSR count). The van der Waals surface area contributed by atoms with E-state index in [1.807, 2.05) is 4.90 Å². The van der Waals surface area contributed by atoms with Crippen molar-refractivity contribution in [2.75, 3.05) is 30.9 Å². The third kappa shape index (κ3) is 3.95. The fourth-order valence-electron chi connectivity index (χ4n) is 3.47. The van der Waals surface area contributed by atoms with E-state index >= 15 is 0 Å². The first-order chi connectivity index (χ1) is 13.4. The van der Waals surface area contributed by atoms with Gasteiger partial charge in [0.1, 0.15) is 23.1 Å². The molecule has 1 aromatic carbocycles. The van der Waals surface area contributed by atoms with Gasteiger partial charge in [0.25, 0.3) is 0 Å². The van der Waals surface area contributed by atoms with E-state index in [1.54, 1.807) is 30.9 Å². The number of hydrogen-bond acceptors (Lipinski definition) is 4. The first kappa shape index (κ1) is 20.8. The Balaban J connectivity index is 0.00000240. The molecule has 1 fully saturated rings. The Kier molecular flexibility index (Phi) is 5.88. The van der Waals surface area contributed by atoms with E-state index in [0.29, 0.717) is 35.7 Å². The molecule has 0 aliphatic carbocycles. The molecule has 1 saturated heterocycles. The van der Waals surface area contributed by atoms with Gasteiger partial charge >= 0.3 is 6.03 Å². The molecule has 10 heteroatoms. The Hall–Kier alpha value is -2.94. The zero-order chi connectivity index (χ0) is 19.8. The van der Waals surface area contributed by atoms with Crippen LogP contribution in [0.15, 0.2) is 36.7 Å². The van der Waals surface area contributed by atoms with Crippen molar-refractivity contribution in [1.82, 2.24) is 19.5 Å². The van der Waals surface area contributed by atoms with Crippen molar-refractivity contribution in [3.8, 4) is 0 Å². The minimum Gasteiger partial charge on any atom is -0.349 e. The third-order valence-electron chi connectivity index (χ3n) is 4.87. The molecule has 0 bridgehead atoms. The normalized spacial score (nSPS) is 16.0. The van der Waals surface area contributed by atoms with E-state index < -0.39 is 11.6 Å². The number of hydrogen-bond donors (Lipinski definition) is 1. The van der Waals surface area contributed by atoms with Crippen LogP contribution in [0.5, 0.6) is 0 Å². The van der Waals surface area contributed by atoms with E-state index in [1.165, 1.54) is 17.2 Å². The number of aromatic nitrogens is 3. The van der Waals surface area contributed by atoms with Gasteiger partial charge in [0.15, 0.2) is 5.65 Å². The summed E-state index contributed by atoms with van der Waals surface area (Å²) < 4.78 is 29.6. The standard InChI is InChI=1S/C19H20F2N6O.ClH/c1-25(2)19(28)23-15-11-22-27-9-7-17(24-18(15)27)26-8-3-4-16(26)13-10-12(20)5-6-14(13)21;/h5-7,9-11,16H,3-4,8H2,1-2H3,(H,23,28);1H/t16-;/m1./s1. The SMILES string of the molecule is CN(C)C(=O)Nc1cnn2ccc(N3CCC[C@@H]3c3cc(F)ccc3F)nc12.Cl. The largest absolute Gasteiger partial charge is 0.349 e. The molecule has 0 saturated carbocycles. The molecule has 1 aliphatic rings. The lowest BCUT2D eigenvalue weighted by atomic mass is 10.0. The molecule has 7 nitrogen and oxygen atoms in total. The number of nitrogens with zero attached hydrogens (tertiary/aromatic N) is 5. The third-order valence-corrected chi connectivity index (χ3v) is 4.87. The Morgan fingerprint density at radius 2 is 2.07 bits per heavy atom. The number of halogens is 3. The van der Waals surface area contributed by atoms with Crippen molar-refractivity contribution in [3.63, 3.8) is 0 Å². The number of benzene rings is 1. The number of anilines is 2. The van der Waals surface area contributed by atoms with Crippen LogP contribution in [-0.2, 0) is 0 Å². The van der Waals surface area contributed by atoms with Crippen LogP contribution in [0, 0.1) is 11.6 Å². The number of amides is 2. The topological polar surface area (TPSA) is 65.8 Å². The highest BCUT2D eigenvalue weighted by atomic mass is 35.5. The lowest BCUT2D eigenvalue weighted by Gasteiger charge is -2.26. The molecule has 0 spiro atoms. The van der Waals surface area contributed by atoms with Gasteiger partial charge in [-0.1, -0.05) is 0 Å². The number of rotatable bonds is 3. The van der Waals surface area contributed by atoms with Gasteiger partial charge in [0.2, 0.25) is 0 Å². The Bertz CT molecular complexity index is 1040. The van der Waals surface area contributed by atoms with Gasteiger partial charge in [-0.05, 0) is 37.1 Å². The van der Waals surface area contributed by atoms with E-state index in [4.69, 9.17) is 0 Å². The predicted molar refractivity (Wildman–Crippen MR) is 109 cm³/mol. The van der Waals surface area contributed by atoms with Crippen LogP contribution in [0.4, 0.5) is 25.1 Å². The maximum atomic E-state index is 14.3. The van der Waals surface area contributed by atoms with Gasteiger partial charge in [0.05, 0.1) is 12.2 Å². The smallest absolute Gasteiger partial charge is 0.321 e. The number of urea groups is 1. The van der Waals surface area contributed by atoms with E-state index in [-0.39, 0.29) is 24.5 Å². The number of fused-ring (bicyclic) bond motifs is 1. The summed E-state index contributed by atoms with van der Waals surface area (Å²) in [7, 11) is 3.28. The van der Waals surface area contributed by atoms with Crippen molar-refractivity contribution in [1.29, 1.82) is 0 Å². The summed E-state index contributed by atoms with van der Waals surface area (Å²) >= 11 is 0. The van der Waals surface area contributed by atoms with Crippen LogP contribution in [0.25, 0.3) is 5.65 Å². The Morgan fingerprint density at radius 3 is 2.83 bits per heavy atom. The lowest BCUT2D eigenvalue weighted by molar-refractivity contribution is 0.230. The van der Waals surface area contributed by atoms with E-state index in [2.05, 4.69) is 15.4 Å². The average Bonchev–Trinajstić information content (AvgIpc) is 3.30. The lowest BCUT2D eigenvalue weighted by Crippen LogP contribution is -2.27. The molecule has 154 valence electrons. The second-order valence-electron chi connectivity index (χ2n) is 6.95. The molecule has 1 aliphatic heterocycles. The minimum absolute atomic E-state index is 0. The average molecular weight is 423 g/mol. The molecule has 29 heavy (non-hydrogen) atoms. The van der Waals surface area contributed by atoms with E-state index in [0.717, 1.165) is 18.6 Å². The van der Waals surface area contributed by atoms with Gasteiger partial charge in [-0.25, -0.2) is 23.1 Å². The monoisotopic (exact) mass is 422 g/mol. The summed E-state index contributed by atoms with van der Waals surface area (Å²) in [6.45, 7) is 0.678. The highest BCUT2D eigenvalue weighted by Crippen LogP contribution is 2.37. The second kappa shape index (κ2) is 8.20. The fourth-order valence-corrected chi connectivity index (χ4v) is 3.47. The minimum atomic E-state index is -0.462. The van der Waals surface area contributed by atoms with Gasteiger partial charge in [-0.3, -0.25) is 0 Å². The van der Waals surface area contributed by atoms with Crippen LogP contribution in [-0.4, -0.2) is 46.2 Å². The van der Waals surface area contributed by atoms with Crippen molar-refractivity contribution in [2.24, 2.45) is 0 Å². The van der Waals surface area contributed by atoms with Gasteiger partial charge in [0, 0.05) is 32.4 Å². The van der Waals surface area contributed by atoms with Crippen LogP contribution in [0.3, 0.4) is 0 Å². The van der Waals surface area contributed by atoms with Gasteiger partial charge in [-0.2, -0.15) is 5.10 Å². The quantitative estimate of drug-likeness (QED) is 0.696. The van der Waals surface area contributed by atoms with Gasteiger partial charge in [-0.15, -0.1) is 12.4 Å². The number of nitrogens with one attached hydrogen (secondary N) is 1. The van der Waals surface area contributed by atoms with Crippen molar-refractivity contribution < 1.29 is 13.6 Å². The maximum Gasteiger partial charge on any atom is 0.321 e. The molecule has 3 aromatic rings. The van der Waals surface area contributed by atoms with Crippen LogP contribution >= 0.6 is 12.4 Å². The first-order valence-corrected chi connectivity index (χ1v) is 8.98. The van der Waals surface area contributed by atoms with Crippen LogP contribution in [0.2, 0.25) is 0 Å². The van der Waals surface area contributed by atoms with Crippen LogP contribution < -0.4 is 10.2 Å². The molecule has 2 amide bonds. The molecule has 1 atom stereocenters. The zero-order valence-corrected chi connectivity index (χ0v) is 16.8. The zero-order valence-electron chi connectivity index (χ0n) is 16.0. The molecular formula is C19H21ClF2N6O. The fraction of sp³-hybridized carbons (Fsp3) is 0.316. The van der Waals surface area contributed by atoms with Crippen molar-refractivity contribution in [2.45, 2.75) is 18.9 Å². The predicted octanol–water partition coefficient (Wildman–Crippen LogP) is 3.86. The summed E-state index contributed by atoms with van der Waals surface area (Å²) in [4.78, 5) is 20.0.